The fourth-order valence-corrected chi connectivity index (χ4v) is 0.694. The van der Waals surface area contributed by atoms with Gasteiger partial charge in [0.15, 0.2) is 5.96 Å². The summed E-state index contributed by atoms with van der Waals surface area (Å²) in [5, 5.41) is 7.21. The number of hydrogen-bond donors (Lipinski definition) is 3. The van der Waals surface area contributed by atoms with Crippen molar-refractivity contribution in [1.29, 1.82) is 5.41 Å². The molecule has 0 atom stereocenters. The summed E-state index contributed by atoms with van der Waals surface area (Å²) in [4.78, 5) is 0. The third kappa shape index (κ3) is 83.7. The van der Waals surface area contributed by atoms with E-state index >= 15 is 0 Å². The lowest BCUT2D eigenvalue weighted by Crippen LogP contribution is -2.20. The van der Waals surface area contributed by atoms with Gasteiger partial charge in [0.25, 0.3) is 0 Å². The van der Waals surface area contributed by atoms with Crippen molar-refractivity contribution in [3.05, 3.63) is 0 Å². The topological polar surface area (TPSA) is 75.9 Å². The van der Waals surface area contributed by atoms with E-state index in [1.54, 1.807) is 0 Å². The Balaban J connectivity index is 0. The van der Waals surface area contributed by atoms with Gasteiger partial charge in [-0.15, -0.1) is 0 Å². The molecule has 0 amide bonds. The lowest BCUT2D eigenvalue weighted by Gasteiger charge is -1.77. The molecule has 0 heterocycles. The average molecular weight is 196 g/mol. The highest BCUT2D eigenvalue weighted by Gasteiger charge is 1.69. The monoisotopic (exact) mass is 195 g/mol. The lowest BCUT2D eigenvalue weighted by atomic mass is 10.4. The van der Waals surface area contributed by atoms with Crippen molar-refractivity contribution >= 4 is 21.9 Å². The highest BCUT2D eigenvalue weighted by atomic mass is 79.9. The molecule has 9 heavy (non-hydrogen) atoms. The third-order valence-electron chi connectivity index (χ3n) is 0.487. The van der Waals surface area contributed by atoms with E-state index in [1.807, 2.05) is 0 Å². The van der Waals surface area contributed by atoms with Gasteiger partial charge in [0.2, 0.25) is 0 Å². The largest absolute Gasteiger partial charge is 0.370 e. The van der Waals surface area contributed by atoms with Crippen molar-refractivity contribution in [1.82, 2.24) is 0 Å². The molecule has 0 fully saturated rings. The smallest absolute Gasteiger partial charge is 0.183 e. The molecule has 0 spiro atoms. The number of halogens is 1. The van der Waals surface area contributed by atoms with E-state index in [-0.39, 0.29) is 5.96 Å². The van der Waals surface area contributed by atoms with Gasteiger partial charge in [-0.05, 0) is 6.42 Å². The zero-order chi connectivity index (χ0) is 7.70. The van der Waals surface area contributed by atoms with Gasteiger partial charge in [-0.2, -0.15) is 0 Å². The summed E-state index contributed by atoms with van der Waals surface area (Å²) < 4.78 is 0. The van der Waals surface area contributed by atoms with Crippen LogP contribution >= 0.6 is 15.9 Å². The Bertz CT molecular complexity index is 59.2. The van der Waals surface area contributed by atoms with Crippen LogP contribution in [0.5, 0.6) is 0 Å². The molecule has 56 valence electrons. The highest BCUT2D eigenvalue weighted by molar-refractivity contribution is 9.09. The van der Waals surface area contributed by atoms with Gasteiger partial charge < -0.3 is 11.5 Å². The Labute approximate surface area is 64.4 Å². The Morgan fingerprint density at radius 2 is 1.89 bits per heavy atom. The summed E-state index contributed by atoms with van der Waals surface area (Å²) in [6.07, 6.45) is 2.60. The van der Waals surface area contributed by atoms with Gasteiger partial charge in [-0.25, -0.2) is 0 Å². The zero-order valence-corrected chi connectivity index (χ0v) is 7.24. The van der Waals surface area contributed by atoms with Crippen LogP contribution in [0.4, 0.5) is 0 Å². The third-order valence-corrected chi connectivity index (χ3v) is 1.05. The molecule has 0 unspecified atom stereocenters. The molecule has 0 aromatic carbocycles. The van der Waals surface area contributed by atoms with Gasteiger partial charge in [0.1, 0.15) is 0 Å². The van der Waals surface area contributed by atoms with E-state index in [4.69, 9.17) is 5.41 Å². The van der Waals surface area contributed by atoms with Crippen LogP contribution in [0.15, 0.2) is 0 Å². The molecule has 0 aliphatic rings. The van der Waals surface area contributed by atoms with E-state index in [0.717, 1.165) is 5.33 Å². The first-order valence-electron chi connectivity index (χ1n) is 2.80. The van der Waals surface area contributed by atoms with Crippen molar-refractivity contribution in [3.8, 4) is 0 Å². The molecule has 4 heteroatoms. The Kier molecular flexibility index (Phi) is 13.7. The van der Waals surface area contributed by atoms with E-state index < -0.39 is 0 Å². The summed E-state index contributed by atoms with van der Waals surface area (Å²) >= 11 is 3.31. The minimum Gasteiger partial charge on any atom is -0.370 e. The van der Waals surface area contributed by atoms with Crippen LogP contribution in [0.25, 0.3) is 0 Å². The summed E-state index contributed by atoms with van der Waals surface area (Å²) in [6.45, 7) is 2.18. The first-order chi connectivity index (χ1) is 4.15. The maximum absolute atomic E-state index is 6.06. The molecule has 3 nitrogen and oxygen atoms in total. The number of alkyl halides is 1. The van der Waals surface area contributed by atoms with Gasteiger partial charge in [0, 0.05) is 5.33 Å². The molecule has 5 N–H and O–H groups in total. The van der Waals surface area contributed by atoms with Crippen LogP contribution in [0.2, 0.25) is 0 Å². The maximum atomic E-state index is 6.06. The van der Waals surface area contributed by atoms with Gasteiger partial charge in [-0.1, -0.05) is 29.3 Å². The lowest BCUT2D eigenvalue weighted by molar-refractivity contribution is 0.902. The predicted octanol–water partition coefficient (Wildman–Crippen LogP) is 1.02. The fourth-order valence-electron chi connectivity index (χ4n) is 0.134. The average Bonchev–Trinajstić information content (AvgIpc) is 1.66. The number of hydrogen-bond acceptors (Lipinski definition) is 1. The molecule has 0 saturated carbocycles. The molecule has 0 aliphatic carbocycles. The highest BCUT2D eigenvalue weighted by Crippen LogP contribution is 1.89. The summed E-state index contributed by atoms with van der Waals surface area (Å²) in [7, 11) is 0. The van der Waals surface area contributed by atoms with Crippen LogP contribution in [-0.2, 0) is 0 Å². The summed E-state index contributed by atoms with van der Waals surface area (Å²) in [5.41, 5.74) is 8.94. The van der Waals surface area contributed by atoms with Gasteiger partial charge >= 0.3 is 0 Å². The number of nitrogens with two attached hydrogens (primary N) is 2. The second-order valence-corrected chi connectivity index (χ2v) is 2.29. The number of unbranched alkanes of at least 4 members (excludes halogenated alkanes) is 1. The molecule has 0 rings (SSSR count). The molecular formula is C5H14BrN3. The quantitative estimate of drug-likeness (QED) is 0.350. The van der Waals surface area contributed by atoms with Crippen molar-refractivity contribution in [2.45, 2.75) is 19.8 Å². The van der Waals surface area contributed by atoms with Crippen LogP contribution in [0.1, 0.15) is 19.8 Å². The minimum absolute atomic E-state index is 0.333. The SMILES string of the molecule is CCCCBr.N=C(N)N. The standard InChI is InChI=1S/C4H9Br.CH5N3/c1-2-3-4-5;2-1(3)4/h2-4H2,1H3;(H5,2,3,4). The molecule has 0 aliphatic heterocycles. The van der Waals surface area contributed by atoms with Crippen molar-refractivity contribution in [3.63, 3.8) is 0 Å². The summed E-state index contributed by atoms with van der Waals surface area (Å²) in [6, 6.07) is 0. The molecule has 0 bridgehead atoms. The summed E-state index contributed by atoms with van der Waals surface area (Å²) in [5.74, 6) is -0.333. The van der Waals surface area contributed by atoms with Crippen LogP contribution in [-0.4, -0.2) is 11.3 Å². The van der Waals surface area contributed by atoms with Crippen molar-refractivity contribution in [2.75, 3.05) is 5.33 Å². The first-order valence-corrected chi connectivity index (χ1v) is 3.92. The zero-order valence-electron chi connectivity index (χ0n) is 5.65. The minimum atomic E-state index is -0.333. The van der Waals surface area contributed by atoms with Crippen LogP contribution in [0, 0.1) is 5.41 Å². The van der Waals surface area contributed by atoms with E-state index in [9.17, 15) is 0 Å². The molecular weight excluding hydrogens is 182 g/mol. The van der Waals surface area contributed by atoms with E-state index in [1.165, 1.54) is 12.8 Å². The van der Waals surface area contributed by atoms with Crippen molar-refractivity contribution in [2.24, 2.45) is 11.5 Å². The van der Waals surface area contributed by atoms with E-state index in [2.05, 4.69) is 34.3 Å². The van der Waals surface area contributed by atoms with E-state index in [0.29, 0.717) is 0 Å². The second kappa shape index (κ2) is 10.7. The second-order valence-electron chi connectivity index (χ2n) is 1.50. The molecule has 0 aromatic rings. The number of rotatable bonds is 2. The first kappa shape index (κ1) is 11.5. The Morgan fingerprint density at radius 3 is 1.89 bits per heavy atom. The number of nitrogens with one attached hydrogen (secondary N) is 1. The number of guanidine groups is 1. The molecule has 0 aromatic heterocycles. The normalized spacial score (nSPS) is 7.33. The fraction of sp³-hybridized carbons (Fsp3) is 0.800. The molecule has 0 saturated heterocycles. The van der Waals surface area contributed by atoms with Gasteiger partial charge in [0.05, 0.1) is 0 Å². The van der Waals surface area contributed by atoms with Gasteiger partial charge in [-0.3, -0.25) is 5.41 Å². The molecule has 0 radical (unpaired) electrons. The predicted molar refractivity (Wildman–Crippen MR) is 44.8 cm³/mol. The Morgan fingerprint density at radius 1 is 1.56 bits per heavy atom. The van der Waals surface area contributed by atoms with Crippen LogP contribution < -0.4 is 11.5 Å². The van der Waals surface area contributed by atoms with Crippen molar-refractivity contribution < 1.29 is 0 Å². The maximum Gasteiger partial charge on any atom is 0.183 e. The Hall–Kier alpha value is -0.250. The van der Waals surface area contributed by atoms with Crippen LogP contribution in [0.3, 0.4) is 0 Å².